The summed E-state index contributed by atoms with van der Waals surface area (Å²) < 4.78 is 25.7. The topological polar surface area (TPSA) is 66.5 Å². The Labute approximate surface area is 152 Å². The predicted octanol–water partition coefficient (Wildman–Crippen LogP) is 3.61. The minimum Gasteiger partial charge on any atom is -0.322 e. The molecule has 1 heterocycles. The van der Waals surface area contributed by atoms with Gasteiger partial charge in [0, 0.05) is 22.8 Å². The van der Waals surface area contributed by atoms with Gasteiger partial charge in [0.2, 0.25) is 10.0 Å². The molecule has 1 amide bonds. The Morgan fingerprint density at radius 2 is 2.00 bits per heavy atom. The summed E-state index contributed by atoms with van der Waals surface area (Å²) in [5.74, 6) is -0.171. The van der Waals surface area contributed by atoms with Crippen LogP contribution in [0.4, 0.5) is 11.4 Å². The van der Waals surface area contributed by atoms with Crippen molar-refractivity contribution in [2.24, 2.45) is 0 Å². The second kappa shape index (κ2) is 6.69. The van der Waals surface area contributed by atoms with Crippen LogP contribution in [0.1, 0.15) is 28.4 Å². The quantitative estimate of drug-likeness (QED) is 0.883. The molecule has 1 aliphatic heterocycles. The molecule has 0 fully saturated rings. The molecule has 0 bridgehead atoms. The van der Waals surface area contributed by atoms with Crippen LogP contribution in [0.3, 0.4) is 0 Å². The number of aryl methyl sites for hydroxylation is 1. The number of nitrogens with zero attached hydrogens (tertiary/aromatic N) is 1. The Morgan fingerprint density at radius 3 is 2.68 bits per heavy atom. The molecule has 0 saturated carbocycles. The van der Waals surface area contributed by atoms with Crippen molar-refractivity contribution in [3.05, 3.63) is 58.1 Å². The second-order valence-corrected chi connectivity index (χ2v) is 8.60. The Kier molecular flexibility index (Phi) is 4.75. The molecule has 0 spiro atoms. The number of nitrogens with one attached hydrogen (secondary N) is 1. The van der Waals surface area contributed by atoms with Gasteiger partial charge in [-0.3, -0.25) is 9.10 Å². The van der Waals surface area contributed by atoms with Gasteiger partial charge >= 0.3 is 0 Å². The van der Waals surface area contributed by atoms with E-state index in [0.717, 1.165) is 11.1 Å². The van der Waals surface area contributed by atoms with Crippen LogP contribution in [-0.4, -0.2) is 26.6 Å². The van der Waals surface area contributed by atoms with Gasteiger partial charge in [0.25, 0.3) is 5.91 Å². The average Bonchev–Trinajstić information content (AvgIpc) is 3.01. The Balaban J connectivity index is 1.84. The van der Waals surface area contributed by atoms with Crippen LogP contribution in [-0.2, 0) is 16.4 Å². The van der Waals surface area contributed by atoms with Crippen molar-refractivity contribution in [3.63, 3.8) is 0 Å². The van der Waals surface area contributed by atoms with Crippen molar-refractivity contribution in [1.29, 1.82) is 0 Å². The van der Waals surface area contributed by atoms with E-state index in [9.17, 15) is 13.2 Å². The summed E-state index contributed by atoms with van der Waals surface area (Å²) in [5.41, 5.74) is 3.62. The van der Waals surface area contributed by atoms with E-state index >= 15 is 0 Å². The van der Waals surface area contributed by atoms with E-state index in [2.05, 4.69) is 5.32 Å². The highest BCUT2D eigenvalue weighted by atomic mass is 35.5. The van der Waals surface area contributed by atoms with Crippen LogP contribution in [0.5, 0.6) is 0 Å². The normalized spacial score (nSPS) is 13.6. The van der Waals surface area contributed by atoms with Crippen LogP contribution in [0.25, 0.3) is 0 Å². The first-order valence-corrected chi connectivity index (χ1v) is 10.0. The number of hydrogen-bond acceptors (Lipinski definition) is 3. The van der Waals surface area contributed by atoms with Crippen molar-refractivity contribution in [2.45, 2.75) is 20.3 Å². The van der Waals surface area contributed by atoms with Crippen LogP contribution in [0.15, 0.2) is 36.4 Å². The molecule has 0 atom stereocenters. The minimum absolute atomic E-state index is 0.0600. The number of hydrogen-bond donors (Lipinski definition) is 1. The first-order chi connectivity index (χ1) is 11.8. The first kappa shape index (κ1) is 17.8. The van der Waals surface area contributed by atoms with Crippen LogP contribution in [0.2, 0.25) is 5.02 Å². The highest BCUT2D eigenvalue weighted by Gasteiger charge is 2.28. The van der Waals surface area contributed by atoms with E-state index < -0.39 is 10.0 Å². The van der Waals surface area contributed by atoms with Gasteiger partial charge in [0.15, 0.2) is 0 Å². The maximum Gasteiger partial charge on any atom is 0.255 e. The highest BCUT2D eigenvalue weighted by Crippen LogP contribution is 2.31. The molecule has 5 nitrogen and oxygen atoms in total. The van der Waals surface area contributed by atoms with E-state index in [4.69, 9.17) is 11.6 Å². The van der Waals surface area contributed by atoms with E-state index in [1.54, 1.807) is 43.3 Å². The number of rotatable bonds is 4. The third-order valence-corrected chi connectivity index (χ3v) is 6.35. The smallest absolute Gasteiger partial charge is 0.255 e. The number of carbonyl (C=O) groups excluding carboxylic acids is 1. The molecule has 7 heteroatoms. The fourth-order valence-corrected chi connectivity index (χ4v) is 4.30. The summed E-state index contributed by atoms with van der Waals surface area (Å²) in [4.78, 5) is 12.5. The SMILES string of the molecule is CCS(=O)(=O)N1CCc2cc(C(=O)Nc3ccc(Cl)cc3C)ccc21. The Morgan fingerprint density at radius 1 is 1.24 bits per heavy atom. The maximum atomic E-state index is 12.5. The number of halogens is 1. The van der Waals surface area contributed by atoms with Gasteiger partial charge in [-0.2, -0.15) is 0 Å². The van der Waals surface area contributed by atoms with E-state index in [1.165, 1.54) is 4.31 Å². The third kappa shape index (κ3) is 3.50. The van der Waals surface area contributed by atoms with E-state index in [-0.39, 0.29) is 11.7 Å². The number of benzene rings is 2. The molecule has 0 aromatic heterocycles. The zero-order valence-corrected chi connectivity index (χ0v) is 15.6. The molecule has 2 aromatic carbocycles. The van der Waals surface area contributed by atoms with Crippen LogP contribution >= 0.6 is 11.6 Å². The Bertz CT molecular complexity index is 941. The number of anilines is 2. The molecule has 0 unspecified atom stereocenters. The van der Waals surface area contributed by atoms with E-state index in [0.29, 0.717) is 34.9 Å². The van der Waals surface area contributed by atoms with Gasteiger partial charge in [0.05, 0.1) is 11.4 Å². The highest BCUT2D eigenvalue weighted by molar-refractivity contribution is 7.92. The summed E-state index contributed by atoms with van der Waals surface area (Å²) >= 11 is 5.93. The lowest BCUT2D eigenvalue weighted by Crippen LogP contribution is -2.30. The standard InChI is InChI=1S/C18H19ClN2O3S/c1-3-25(23,24)21-9-8-13-11-14(4-7-17(13)21)18(22)20-16-6-5-15(19)10-12(16)2/h4-7,10-11H,3,8-9H2,1-2H3,(H,20,22). The number of amides is 1. The van der Waals surface area contributed by atoms with Gasteiger partial charge < -0.3 is 5.32 Å². The first-order valence-electron chi connectivity index (χ1n) is 8.02. The van der Waals surface area contributed by atoms with Gasteiger partial charge in [0.1, 0.15) is 0 Å². The molecule has 3 rings (SSSR count). The summed E-state index contributed by atoms with van der Waals surface area (Å²) in [7, 11) is -3.28. The molecule has 0 radical (unpaired) electrons. The third-order valence-electron chi connectivity index (χ3n) is 4.33. The predicted molar refractivity (Wildman–Crippen MR) is 101 cm³/mol. The van der Waals surface area contributed by atoms with Crippen LogP contribution in [0, 0.1) is 6.92 Å². The molecule has 132 valence electrons. The van der Waals surface area contributed by atoms with Gasteiger partial charge in [-0.25, -0.2) is 8.42 Å². The number of fused-ring (bicyclic) bond motifs is 1. The zero-order valence-electron chi connectivity index (χ0n) is 14.0. The molecule has 0 saturated heterocycles. The van der Waals surface area contributed by atoms with Crippen molar-refractivity contribution < 1.29 is 13.2 Å². The fraction of sp³-hybridized carbons (Fsp3) is 0.278. The van der Waals surface area contributed by atoms with E-state index in [1.807, 2.05) is 6.92 Å². The van der Waals surface area contributed by atoms with Gasteiger partial charge in [-0.05, 0) is 67.8 Å². The molecule has 1 N–H and O–H groups in total. The number of carbonyl (C=O) groups is 1. The van der Waals surface area contributed by atoms with Crippen molar-refractivity contribution in [3.8, 4) is 0 Å². The van der Waals surface area contributed by atoms with Crippen molar-refractivity contribution >= 4 is 38.9 Å². The van der Waals surface area contributed by atoms with Crippen molar-refractivity contribution in [1.82, 2.24) is 0 Å². The summed E-state index contributed by atoms with van der Waals surface area (Å²) in [6.07, 6.45) is 0.607. The summed E-state index contributed by atoms with van der Waals surface area (Å²) in [6, 6.07) is 10.4. The summed E-state index contributed by atoms with van der Waals surface area (Å²) in [5, 5.41) is 3.48. The second-order valence-electron chi connectivity index (χ2n) is 5.98. The zero-order chi connectivity index (χ0) is 18.2. The lowest BCUT2D eigenvalue weighted by atomic mass is 10.1. The molecular formula is C18H19ClN2O3S. The molecule has 1 aliphatic rings. The molecule has 25 heavy (non-hydrogen) atoms. The monoisotopic (exact) mass is 378 g/mol. The van der Waals surface area contributed by atoms with Gasteiger partial charge in [-0.1, -0.05) is 11.6 Å². The lowest BCUT2D eigenvalue weighted by Gasteiger charge is -2.18. The molecular weight excluding hydrogens is 360 g/mol. The van der Waals surface area contributed by atoms with Crippen LogP contribution < -0.4 is 9.62 Å². The summed E-state index contributed by atoms with van der Waals surface area (Å²) in [6.45, 7) is 3.92. The average molecular weight is 379 g/mol. The number of sulfonamides is 1. The largest absolute Gasteiger partial charge is 0.322 e. The molecule has 0 aliphatic carbocycles. The molecule has 2 aromatic rings. The lowest BCUT2D eigenvalue weighted by molar-refractivity contribution is 0.102. The van der Waals surface area contributed by atoms with Crippen molar-refractivity contribution in [2.75, 3.05) is 21.9 Å². The van der Waals surface area contributed by atoms with Gasteiger partial charge in [-0.15, -0.1) is 0 Å². The maximum absolute atomic E-state index is 12.5. The minimum atomic E-state index is -3.28. The fourth-order valence-electron chi connectivity index (χ4n) is 2.92. The Hall–Kier alpha value is -2.05.